The van der Waals surface area contributed by atoms with Gasteiger partial charge in [0.2, 0.25) is 0 Å². The normalized spacial score (nSPS) is 10.2. The van der Waals surface area contributed by atoms with Crippen molar-refractivity contribution in [2.75, 3.05) is 5.73 Å². The van der Waals surface area contributed by atoms with E-state index in [1.165, 1.54) is 0 Å². The quantitative estimate of drug-likeness (QED) is 0.693. The summed E-state index contributed by atoms with van der Waals surface area (Å²) in [4.78, 5) is 18.7. The second-order valence-corrected chi connectivity index (χ2v) is 3.79. The molecule has 0 bridgehead atoms. The molecule has 88 valence electrons. The lowest BCUT2D eigenvalue weighted by atomic mass is 10.1. The number of nitrogens with two attached hydrogens (primary N) is 1. The number of carbonyl (C=O) groups excluding carboxylic acids is 1. The lowest BCUT2D eigenvalue weighted by Gasteiger charge is -2.05. The maximum atomic E-state index is 11.8. The van der Waals surface area contributed by atoms with Gasteiger partial charge in [0.25, 0.3) is 5.91 Å². The van der Waals surface area contributed by atoms with Crippen molar-refractivity contribution < 1.29 is 4.79 Å². The molecule has 1 amide bonds. The Morgan fingerprint density at radius 3 is 3.00 bits per heavy atom. The molecule has 1 heterocycles. The van der Waals surface area contributed by atoms with Crippen LogP contribution in [-0.2, 0) is 6.54 Å². The van der Waals surface area contributed by atoms with E-state index in [0.717, 1.165) is 11.4 Å². The topological polar surface area (TPSA) is 83.8 Å². The maximum absolute atomic E-state index is 11.8. The highest BCUT2D eigenvalue weighted by Crippen LogP contribution is 2.12. The molecule has 2 aromatic rings. The molecule has 0 spiro atoms. The second kappa shape index (κ2) is 4.69. The second-order valence-electron chi connectivity index (χ2n) is 3.79. The van der Waals surface area contributed by atoms with Gasteiger partial charge < -0.3 is 16.0 Å². The Morgan fingerprint density at radius 2 is 2.35 bits per heavy atom. The minimum atomic E-state index is -0.159. The van der Waals surface area contributed by atoms with Crippen molar-refractivity contribution in [3.8, 4) is 0 Å². The monoisotopic (exact) mass is 230 g/mol. The molecule has 4 N–H and O–H groups in total. The van der Waals surface area contributed by atoms with Crippen LogP contribution in [0.1, 0.15) is 21.7 Å². The highest BCUT2D eigenvalue weighted by Gasteiger charge is 2.06. The van der Waals surface area contributed by atoms with Gasteiger partial charge in [-0.05, 0) is 24.6 Å². The number of rotatable bonds is 3. The molecule has 17 heavy (non-hydrogen) atoms. The van der Waals surface area contributed by atoms with Gasteiger partial charge in [-0.15, -0.1) is 0 Å². The molecule has 0 aliphatic carbocycles. The standard InChI is InChI=1S/C12H14N4O/c1-8-2-3-9(6-10(8)13)12(17)16-7-11-14-4-5-15-11/h2-6H,7,13H2,1H3,(H,14,15)(H,16,17). The Labute approximate surface area is 99.1 Å². The number of aryl methyl sites for hydroxylation is 1. The zero-order chi connectivity index (χ0) is 12.3. The Kier molecular flexibility index (Phi) is 3.09. The predicted molar refractivity (Wildman–Crippen MR) is 65.3 cm³/mol. The van der Waals surface area contributed by atoms with Gasteiger partial charge in [0.1, 0.15) is 5.82 Å². The number of aromatic nitrogens is 2. The van der Waals surface area contributed by atoms with Gasteiger partial charge >= 0.3 is 0 Å². The van der Waals surface area contributed by atoms with E-state index in [9.17, 15) is 4.79 Å². The van der Waals surface area contributed by atoms with E-state index >= 15 is 0 Å². The number of hydrogen-bond acceptors (Lipinski definition) is 3. The Hall–Kier alpha value is -2.30. The fraction of sp³-hybridized carbons (Fsp3) is 0.167. The zero-order valence-electron chi connectivity index (χ0n) is 9.53. The summed E-state index contributed by atoms with van der Waals surface area (Å²) in [5, 5.41) is 2.76. The first-order chi connectivity index (χ1) is 8.16. The van der Waals surface area contributed by atoms with Gasteiger partial charge in [-0.1, -0.05) is 6.07 Å². The van der Waals surface area contributed by atoms with Crippen LogP contribution in [0.2, 0.25) is 0 Å². The minimum Gasteiger partial charge on any atom is -0.398 e. The van der Waals surface area contributed by atoms with Gasteiger partial charge in [-0.25, -0.2) is 4.98 Å². The van der Waals surface area contributed by atoms with Crippen molar-refractivity contribution in [1.29, 1.82) is 0 Å². The van der Waals surface area contributed by atoms with Crippen LogP contribution in [-0.4, -0.2) is 15.9 Å². The number of benzene rings is 1. The number of nitrogen functional groups attached to an aromatic ring is 1. The van der Waals surface area contributed by atoms with Gasteiger partial charge in [0.05, 0.1) is 6.54 Å². The van der Waals surface area contributed by atoms with Crippen LogP contribution in [0.3, 0.4) is 0 Å². The third kappa shape index (κ3) is 2.63. The number of anilines is 1. The van der Waals surface area contributed by atoms with Crippen LogP contribution in [0.25, 0.3) is 0 Å². The van der Waals surface area contributed by atoms with Crippen LogP contribution in [0.15, 0.2) is 30.6 Å². The van der Waals surface area contributed by atoms with Gasteiger partial charge in [-0.2, -0.15) is 0 Å². The lowest BCUT2D eigenvalue weighted by Crippen LogP contribution is -2.23. The van der Waals surface area contributed by atoms with Crippen LogP contribution in [0, 0.1) is 6.92 Å². The van der Waals surface area contributed by atoms with E-state index in [0.29, 0.717) is 17.8 Å². The summed E-state index contributed by atoms with van der Waals surface area (Å²) in [7, 11) is 0. The smallest absolute Gasteiger partial charge is 0.251 e. The minimum absolute atomic E-state index is 0.159. The molecule has 0 radical (unpaired) electrons. The van der Waals surface area contributed by atoms with Crippen molar-refractivity contribution in [1.82, 2.24) is 15.3 Å². The van der Waals surface area contributed by atoms with Gasteiger partial charge in [0.15, 0.2) is 0 Å². The van der Waals surface area contributed by atoms with Crippen molar-refractivity contribution in [2.24, 2.45) is 0 Å². The van der Waals surface area contributed by atoms with E-state index in [2.05, 4.69) is 15.3 Å². The van der Waals surface area contributed by atoms with E-state index < -0.39 is 0 Å². The van der Waals surface area contributed by atoms with E-state index in [4.69, 9.17) is 5.73 Å². The third-order valence-electron chi connectivity index (χ3n) is 2.51. The van der Waals surface area contributed by atoms with E-state index in [-0.39, 0.29) is 5.91 Å². The molecule has 2 rings (SSSR count). The third-order valence-corrected chi connectivity index (χ3v) is 2.51. The molecule has 5 heteroatoms. The van der Waals surface area contributed by atoms with Crippen molar-refractivity contribution in [3.63, 3.8) is 0 Å². The summed E-state index contributed by atoms with van der Waals surface area (Å²) < 4.78 is 0. The van der Waals surface area contributed by atoms with E-state index in [1.54, 1.807) is 24.5 Å². The van der Waals surface area contributed by atoms with Crippen molar-refractivity contribution in [2.45, 2.75) is 13.5 Å². The first-order valence-electron chi connectivity index (χ1n) is 5.29. The zero-order valence-corrected chi connectivity index (χ0v) is 9.53. The van der Waals surface area contributed by atoms with Crippen LogP contribution >= 0.6 is 0 Å². The number of aromatic amines is 1. The molecule has 0 unspecified atom stereocenters. The van der Waals surface area contributed by atoms with Gasteiger partial charge in [-0.3, -0.25) is 4.79 Å². The van der Waals surface area contributed by atoms with Crippen LogP contribution < -0.4 is 11.1 Å². The lowest BCUT2D eigenvalue weighted by molar-refractivity contribution is 0.0950. The SMILES string of the molecule is Cc1ccc(C(=O)NCc2ncc[nH]2)cc1N. The van der Waals surface area contributed by atoms with Crippen molar-refractivity contribution >= 4 is 11.6 Å². The first-order valence-corrected chi connectivity index (χ1v) is 5.29. The predicted octanol–water partition coefficient (Wildman–Crippen LogP) is 1.23. The Morgan fingerprint density at radius 1 is 1.53 bits per heavy atom. The number of carbonyl (C=O) groups is 1. The summed E-state index contributed by atoms with van der Waals surface area (Å²) >= 11 is 0. The Bertz CT molecular complexity index is 519. The summed E-state index contributed by atoms with van der Waals surface area (Å²) in [6.07, 6.45) is 3.36. The number of nitrogens with one attached hydrogen (secondary N) is 2. The number of nitrogens with zero attached hydrogens (tertiary/aromatic N) is 1. The summed E-state index contributed by atoms with van der Waals surface area (Å²) in [6, 6.07) is 5.26. The van der Waals surface area contributed by atoms with E-state index in [1.807, 2.05) is 13.0 Å². The van der Waals surface area contributed by atoms with Crippen molar-refractivity contribution in [3.05, 3.63) is 47.5 Å². The molecule has 0 saturated carbocycles. The molecular weight excluding hydrogens is 216 g/mol. The fourth-order valence-electron chi connectivity index (χ4n) is 1.44. The van der Waals surface area contributed by atoms with Crippen LogP contribution in [0.4, 0.5) is 5.69 Å². The molecule has 5 nitrogen and oxygen atoms in total. The summed E-state index contributed by atoms with van der Waals surface area (Å²) in [5.74, 6) is 0.562. The number of H-pyrrole nitrogens is 1. The number of imidazole rings is 1. The number of hydrogen-bond donors (Lipinski definition) is 3. The number of amides is 1. The van der Waals surface area contributed by atoms with Gasteiger partial charge in [0, 0.05) is 23.6 Å². The largest absolute Gasteiger partial charge is 0.398 e. The molecule has 0 aliphatic rings. The molecule has 1 aromatic heterocycles. The highest BCUT2D eigenvalue weighted by atomic mass is 16.1. The molecule has 0 aliphatic heterocycles. The fourth-order valence-corrected chi connectivity index (χ4v) is 1.44. The average Bonchev–Trinajstić information content (AvgIpc) is 2.82. The first kappa shape index (κ1) is 11.2. The molecule has 1 aromatic carbocycles. The van der Waals surface area contributed by atoms with Crippen LogP contribution in [0.5, 0.6) is 0 Å². The maximum Gasteiger partial charge on any atom is 0.251 e. The Balaban J connectivity index is 2.02. The molecule has 0 saturated heterocycles. The summed E-state index contributed by atoms with van der Waals surface area (Å²) in [5.41, 5.74) is 7.89. The summed E-state index contributed by atoms with van der Waals surface area (Å²) in [6.45, 7) is 2.28. The average molecular weight is 230 g/mol. The highest BCUT2D eigenvalue weighted by molar-refractivity contribution is 5.95. The molecular formula is C12H14N4O. The molecule has 0 atom stereocenters. The molecule has 0 fully saturated rings.